The van der Waals surface area contributed by atoms with Crippen LogP contribution in [0.2, 0.25) is 4.34 Å². The second kappa shape index (κ2) is 5.63. The highest BCUT2D eigenvalue weighted by Crippen LogP contribution is 2.31. The van der Waals surface area contributed by atoms with Crippen molar-refractivity contribution in [3.63, 3.8) is 0 Å². The fourth-order valence-electron chi connectivity index (χ4n) is 1.86. The fourth-order valence-corrected chi connectivity index (χ4v) is 2.85. The van der Waals surface area contributed by atoms with Gasteiger partial charge >= 0.3 is 5.97 Å². The van der Waals surface area contributed by atoms with Crippen molar-refractivity contribution in [3.8, 4) is 16.7 Å². The van der Waals surface area contributed by atoms with Gasteiger partial charge in [0.05, 0.1) is 15.8 Å². The minimum Gasteiger partial charge on any atom is -0.476 e. The topological polar surface area (TPSA) is 105 Å². The van der Waals surface area contributed by atoms with E-state index in [1.807, 2.05) is 6.07 Å². The summed E-state index contributed by atoms with van der Waals surface area (Å²) >= 11 is 7.23. The van der Waals surface area contributed by atoms with Crippen molar-refractivity contribution in [1.82, 2.24) is 14.9 Å². The van der Waals surface area contributed by atoms with Gasteiger partial charge in [-0.05, 0) is 12.1 Å². The molecule has 3 aromatic rings. The van der Waals surface area contributed by atoms with Crippen molar-refractivity contribution in [2.75, 3.05) is 0 Å². The zero-order valence-electron chi connectivity index (χ0n) is 10.9. The first kappa shape index (κ1) is 14.3. The summed E-state index contributed by atoms with van der Waals surface area (Å²) < 4.78 is 7.21. The lowest BCUT2D eigenvalue weighted by Gasteiger charge is -1.94. The van der Waals surface area contributed by atoms with E-state index in [2.05, 4.69) is 10.3 Å². The summed E-state index contributed by atoms with van der Waals surface area (Å²) in [6.07, 6.45) is 1.36. The molecule has 3 rings (SSSR count). The minimum atomic E-state index is -1.25. The van der Waals surface area contributed by atoms with E-state index in [4.69, 9.17) is 26.5 Å². The zero-order valence-corrected chi connectivity index (χ0v) is 12.4. The second-order valence-electron chi connectivity index (χ2n) is 4.29. The molecule has 0 atom stereocenters. The second-order valence-corrected chi connectivity index (χ2v) is 6.01. The van der Waals surface area contributed by atoms with E-state index in [1.165, 1.54) is 22.2 Å². The Morgan fingerprint density at radius 1 is 1.55 bits per heavy atom. The van der Waals surface area contributed by atoms with Crippen LogP contribution in [0.4, 0.5) is 0 Å². The van der Waals surface area contributed by atoms with Crippen LogP contribution in [0.3, 0.4) is 0 Å². The normalized spacial score (nSPS) is 10.5. The van der Waals surface area contributed by atoms with Crippen molar-refractivity contribution >= 4 is 28.9 Å². The third kappa shape index (κ3) is 2.72. The number of thiophene rings is 1. The molecule has 0 fully saturated rings. The Kier molecular flexibility index (Phi) is 3.66. The smallest absolute Gasteiger partial charge is 0.357 e. The lowest BCUT2D eigenvalue weighted by molar-refractivity contribution is 0.0689. The van der Waals surface area contributed by atoms with E-state index in [0.29, 0.717) is 15.8 Å². The van der Waals surface area contributed by atoms with Crippen LogP contribution in [-0.4, -0.2) is 26.0 Å². The van der Waals surface area contributed by atoms with E-state index in [-0.39, 0.29) is 17.8 Å². The molecule has 0 amide bonds. The average Bonchev–Trinajstić information content (AvgIpc) is 3.18. The fraction of sp³-hybridized carbons (Fsp3) is 0.0769. The predicted molar refractivity (Wildman–Crippen MR) is 77.8 cm³/mol. The molecule has 110 valence electrons. The third-order valence-electron chi connectivity index (χ3n) is 2.78. The van der Waals surface area contributed by atoms with Gasteiger partial charge in [0.2, 0.25) is 0 Å². The number of hydrogen-bond donors (Lipinski definition) is 1. The number of carbonyl (C=O) groups is 1. The van der Waals surface area contributed by atoms with Crippen molar-refractivity contribution in [3.05, 3.63) is 45.7 Å². The number of nitriles is 1. The third-order valence-corrected chi connectivity index (χ3v) is 4.03. The quantitative estimate of drug-likeness (QED) is 0.786. The summed E-state index contributed by atoms with van der Waals surface area (Å²) in [7, 11) is 0. The Labute approximate surface area is 133 Å². The molecule has 0 bridgehead atoms. The van der Waals surface area contributed by atoms with Gasteiger partial charge < -0.3 is 9.63 Å². The molecular formula is C13H7ClN4O3S. The molecule has 0 radical (unpaired) electrons. The van der Waals surface area contributed by atoms with E-state index in [9.17, 15) is 4.79 Å². The lowest BCUT2D eigenvalue weighted by Crippen LogP contribution is -2.04. The van der Waals surface area contributed by atoms with Gasteiger partial charge in [-0.15, -0.1) is 11.3 Å². The molecular weight excluding hydrogens is 328 g/mol. The summed E-state index contributed by atoms with van der Waals surface area (Å²) in [5, 5.41) is 25.6. The Hall–Kier alpha value is -2.63. The van der Waals surface area contributed by atoms with E-state index in [0.717, 1.165) is 4.88 Å². The van der Waals surface area contributed by atoms with Gasteiger partial charge in [0.1, 0.15) is 17.3 Å². The molecule has 0 aliphatic rings. The summed E-state index contributed by atoms with van der Waals surface area (Å²) in [5.74, 6) is -0.678. The Morgan fingerprint density at radius 2 is 2.36 bits per heavy atom. The van der Waals surface area contributed by atoms with Crippen LogP contribution in [0.5, 0.6) is 0 Å². The van der Waals surface area contributed by atoms with E-state index >= 15 is 0 Å². The first-order chi connectivity index (χ1) is 10.6. The predicted octanol–water partition coefficient (Wildman–Crippen LogP) is 2.87. The molecule has 9 heteroatoms. The van der Waals surface area contributed by atoms with Crippen LogP contribution in [0.15, 0.2) is 28.9 Å². The van der Waals surface area contributed by atoms with Crippen LogP contribution in [0.25, 0.3) is 10.6 Å². The number of carboxylic acids is 1. The van der Waals surface area contributed by atoms with Crippen molar-refractivity contribution in [2.45, 2.75) is 6.54 Å². The van der Waals surface area contributed by atoms with Gasteiger partial charge in [0.15, 0.2) is 11.5 Å². The van der Waals surface area contributed by atoms with Crippen LogP contribution < -0.4 is 0 Å². The Balaban J connectivity index is 1.84. The summed E-state index contributed by atoms with van der Waals surface area (Å²) in [5.41, 5.74) is 0.279. The molecule has 0 aliphatic carbocycles. The molecule has 7 nitrogen and oxygen atoms in total. The van der Waals surface area contributed by atoms with Crippen LogP contribution >= 0.6 is 22.9 Å². The first-order valence-corrected chi connectivity index (χ1v) is 7.18. The number of aromatic nitrogens is 3. The maximum absolute atomic E-state index is 11.0. The molecule has 0 unspecified atom stereocenters. The molecule has 3 heterocycles. The van der Waals surface area contributed by atoms with Gasteiger partial charge in [-0.1, -0.05) is 16.8 Å². The molecule has 3 aromatic heterocycles. The van der Waals surface area contributed by atoms with E-state index in [1.54, 1.807) is 18.2 Å². The molecule has 0 saturated heterocycles. The van der Waals surface area contributed by atoms with Gasteiger partial charge in [-0.25, -0.2) is 4.79 Å². The van der Waals surface area contributed by atoms with E-state index < -0.39 is 5.97 Å². The van der Waals surface area contributed by atoms with Crippen LogP contribution in [0, 0.1) is 11.3 Å². The van der Waals surface area contributed by atoms with Gasteiger partial charge in [-0.2, -0.15) is 10.4 Å². The molecule has 0 spiro atoms. The SMILES string of the molecule is N#Cc1cn(Cc2cc(-c3ccc(Cl)s3)on2)nc1C(=O)O. The van der Waals surface area contributed by atoms with Gasteiger partial charge in [0.25, 0.3) is 0 Å². The van der Waals surface area contributed by atoms with Crippen molar-refractivity contribution in [2.24, 2.45) is 0 Å². The highest BCUT2D eigenvalue weighted by atomic mass is 35.5. The summed E-state index contributed by atoms with van der Waals surface area (Å²) in [4.78, 5) is 11.8. The monoisotopic (exact) mass is 334 g/mol. The summed E-state index contributed by atoms with van der Waals surface area (Å²) in [6, 6.07) is 7.09. The lowest BCUT2D eigenvalue weighted by atomic mass is 10.3. The zero-order chi connectivity index (χ0) is 15.7. The Bertz CT molecular complexity index is 889. The first-order valence-electron chi connectivity index (χ1n) is 5.99. The highest BCUT2D eigenvalue weighted by Gasteiger charge is 2.16. The summed E-state index contributed by atoms with van der Waals surface area (Å²) in [6.45, 7) is 0.199. The average molecular weight is 335 g/mol. The number of halogens is 1. The highest BCUT2D eigenvalue weighted by molar-refractivity contribution is 7.19. The van der Waals surface area contributed by atoms with Gasteiger partial charge in [0, 0.05) is 12.3 Å². The number of carboxylic acid groups (broad SMARTS) is 1. The number of aromatic carboxylic acids is 1. The van der Waals surface area contributed by atoms with Crippen LogP contribution in [-0.2, 0) is 6.54 Å². The largest absolute Gasteiger partial charge is 0.476 e. The standard InChI is InChI=1S/C13H7ClN4O3S/c14-11-2-1-10(22-11)9-3-8(17-21-9)6-18-5-7(4-15)12(16-18)13(19)20/h1-3,5H,6H2,(H,19,20). The molecule has 0 saturated carbocycles. The van der Waals surface area contributed by atoms with Crippen molar-refractivity contribution < 1.29 is 14.4 Å². The Morgan fingerprint density at radius 3 is 2.95 bits per heavy atom. The maximum Gasteiger partial charge on any atom is 0.357 e. The maximum atomic E-state index is 11.0. The van der Waals surface area contributed by atoms with Crippen molar-refractivity contribution in [1.29, 1.82) is 5.26 Å². The molecule has 1 N–H and O–H groups in total. The molecule has 22 heavy (non-hydrogen) atoms. The number of nitrogens with zero attached hydrogens (tertiary/aromatic N) is 4. The number of rotatable bonds is 4. The molecule has 0 aromatic carbocycles. The molecule has 0 aliphatic heterocycles. The van der Waals surface area contributed by atoms with Gasteiger partial charge in [-0.3, -0.25) is 4.68 Å². The number of hydrogen-bond acceptors (Lipinski definition) is 6. The minimum absolute atomic E-state index is 0.00116. The van der Waals surface area contributed by atoms with Crippen LogP contribution in [0.1, 0.15) is 21.7 Å².